The van der Waals surface area contributed by atoms with Crippen LogP contribution in [0.2, 0.25) is 0 Å². The predicted octanol–water partition coefficient (Wildman–Crippen LogP) is 2.63. The molecular weight excluding hydrogens is 285 g/mol. The van der Waals surface area contributed by atoms with Crippen LogP contribution in [0.3, 0.4) is 0 Å². The van der Waals surface area contributed by atoms with Gasteiger partial charge in [-0.2, -0.15) is 0 Å². The van der Waals surface area contributed by atoms with Crippen LogP contribution < -0.4 is 5.32 Å². The average Bonchev–Trinajstić information content (AvgIpc) is 3.04. The summed E-state index contributed by atoms with van der Waals surface area (Å²) in [7, 11) is 0. The molecule has 0 amide bonds. The maximum Gasteiger partial charge on any atom is 0.126 e. The molecule has 1 unspecified atom stereocenters. The molecule has 2 nitrogen and oxygen atoms in total. The summed E-state index contributed by atoms with van der Waals surface area (Å²) in [5.41, 5.74) is -0.369. The Labute approximate surface area is 109 Å². The normalized spacial score (nSPS) is 19.1. The first-order valence-corrected chi connectivity index (χ1v) is 6.65. The zero-order chi connectivity index (χ0) is 12.5. The van der Waals surface area contributed by atoms with Gasteiger partial charge in [0.25, 0.3) is 0 Å². The molecule has 1 aliphatic carbocycles. The van der Waals surface area contributed by atoms with Gasteiger partial charge in [0.15, 0.2) is 0 Å². The lowest BCUT2D eigenvalue weighted by Gasteiger charge is -2.24. The molecule has 0 aliphatic heterocycles. The third-order valence-corrected chi connectivity index (χ3v) is 3.42. The van der Waals surface area contributed by atoms with Gasteiger partial charge in [-0.15, -0.1) is 0 Å². The fraction of sp³-hybridized carbons (Fsp3) is 0.538. The number of rotatable bonds is 5. The van der Waals surface area contributed by atoms with E-state index >= 15 is 0 Å². The third kappa shape index (κ3) is 4.05. The summed E-state index contributed by atoms with van der Waals surface area (Å²) in [4.78, 5) is 0. The Morgan fingerprint density at radius 2 is 2.24 bits per heavy atom. The second kappa shape index (κ2) is 5.04. The molecule has 0 bridgehead atoms. The van der Waals surface area contributed by atoms with Crippen molar-refractivity contribution in [3.8, 4) is 0 Å². The van der Waals surface area contributed by atoms with E-state index in [4.69, 9.17) is 0 Å². The number of aliphatic hydroxyl groups is 1. The van der Waals surface area contributed by atoms with Gasteiger partial charge in [0, 0.05) is 23.5 Å². The van der Waals surface area contributed by atoms with Crippen LogP contribution in [0.5, 0.6) is 0 Å². The van der Waals surface area contributed by atoms with E-state index in [2.05, 4.69) is 21.2 Å². The number of nitrogens with one attached hydrogen (secondary N) is 1. The molecule has 1 atom stereocenters. The van der Waals surface area contributed by atoms with Crippen molar-refractivity contribution in [2.45, 2.75) is 37.8 Å². The highest BCUT2D eigenvalue weighted by Crippen LogP contribution is 2.22. The van der Waals surface area contributed by atoms with Gasteiger partial charge >= 0.3 is 0 Å². The van der Waals surface area contributed by atoms with E-state index < -0.39 is 5.60 Å². The van der Waals surface area contributed by atoms with E-state index in [-0.39, 0.29) is 5.82 Å². The van der Waals surface area contributed by atoms with Crippen LogP contribution in [0, 0.1) is 5.82 Å². The minimum absolute atomic E-state index is 0.264. The molecule has 0 saturated heterocycles. The van der Waals surface area contributed by atoms with Crippen molar-refractivity contribution in [2.24, 2.45) is 0 Å². The molecule has 94 valence electrons. The summed E-state index contributed by atoms with van der Waals surface area (Å²) in [5.74, 6) is -0.264. The maximum absolute atomic E-state index is 13.6. The van der Waals surface area contributed by atoms with Crippen molar-refractivity contribution in [3.63, 3.8) is 0 Å². The minimum Gasteiger partial charge on any atom is -0.389 e. The Morgan fingerprint density at radius 3 is 2.88 bits per heavy atom. The van der Waals surface area contributed by atoms with E-state index in [1.807, 2.05) is 0 Å². The highest BCUT2D eigenvalue weighted by atomic mass is 79.9. The summed E-state index contributed by atoms with van der Waals surface area (Å²) in [6.45, 7) is 2.24. The Balaban J connectivity index is 1.99. The summed E-state index contributed by atoms with van der Waals surface area (Å²) in [5, 5.41) is 13.5. The molecule has 1 aromatic carbocycles. The SMILES string of the molecule is CC(O)(CNC1CC1)Cc1cc(Br)ccc1F. The fourth-order valence-electron chi connectivity index (χ4n) is 1.80. The smallest absolute Gasteiger partial charge is 0.126 e. The topological polar surface area (TPSA) is 32.3 Å². The highest BCUT2D eigenvalue weighted by Gasteiger charge is 2.27. The predicted molar refractivity (Wildman–Crippen MR) is 69.5 cm³/mol. The van der Waals surface area contributed by atoms with E-state index in [0.29, 0.717) is 24.6 Å². The molecule has 2 rings (SSSR count). The monoisotopic (exact) mass is 301 g/mol. The number of halogens is 2. The van der Waals surface area contributed by atoms with Crippen molar-refractivity contribution in [1.29, 1.82) is 0 Å². The second-order valence-corrected chi connectivity index (χ2v) is 5.98. The van der Waals surface area contributed by atoms with Gasteiger partial charge in [0.05, 0.1) is 5.60 Å². The van der Waals surface area contributed by atoms with Crippen molar-refractivity contribution in [3.05, 3.63) is 34.1 Å². The molecule has 4 heteroatoms. The van der Waals surface area contributed by atoms with Crippen LogP contribution in [0.1, 0.15) is 25.3 Å². The Hall–Kier alpha value is -0.450. The van der Waals surface area contributed by atoms with Gasteiger partial charge in [-0.25, -0.2) is 4.39 Å². The second-order valence-electron chi connectivity index (χ2n) is 5.06. The summed E-state index contributed by atoms with van der Waals surface area (Å²) >= 11 is 3.31. The van der Waals surface area contributed by atoms with Crippen LogP contribution in [0.15, 0.2) is 22.7 Å². The van der Waals surface area contributed by atoms with Gasteiger partial charge in [-0.1, -0.05) is 15.9 Å². The molecule has 0 heterocycles. The zero-order valence-electron chi connectivity index (χ0n) is 9.84. The fourth-order valence-corrected chi connectivity index (χ4v) is 2.21. The van der Waals surface area contributed by atoms with Crippen molar-refractivity contribution >= 4 is 15.9 Å². The van der Waals surface area contributed by atoms with Gasteiger partial charge < -0.3 is 10.4 Å². The molecule has 1 aliphatic rings. The average molecular weight is 302 g/mol. The first-order chi connectivity index (χ1) is 7.96. The molecule has 0 spiro atoms. The van der Waals surface area contributed by atoms with Crippen LogP contribution >= 0.6 is 15.9 Å². The molecule has 1 fully saturated rings. The Kier molecular flexibility index (Phi) is 3.85. The standard InChI is InChI=1S/C13H17BrFNO/c1-13(17,8-16-11-3-4-11)7-9-6-10(14)2-5-12(9)15/h2,5-6,11,16-17H,3-4,7-8H2,1H3. The Bertz CT molecular complexity index is 404. The summed E-state index contributed by atoms with van der Waals surface area (Å²) in [6.07, 6.45) is 2.68. The molecule has 0 aromatic heterocycles. The van der Waals surface area contributed by atoms with Crippen LogP contribution in [0.25, 0.3) is 0 Å². The van der Waals surface area contributed by atoms with E-state index in [9.17, 15) is 9.50 Å². The van der Waals surface area contributed by atoms with Crippen LogP contribution in [-0.2, 0) is 6.42 Å². The number of benzene rings is 1. The highest BCUT2D eigenvalue weighted by molar-refractivity contribution is 9.10. The summed E-state index contributed by atoms with van der Waals surface area (Å²) in [6, 6.07) is 5.36. The van der Waals surface area contributed by atoms with Crippen LogP contribution in [0.4, 0.5) is 4.39 Å². The first-order valence-electron chi connectivity index (χ1n) is 5.86. The first kappa shape index (κ1) is 13.0. The van der Waals surface area contributed by atoms with Gasteiger partial charge in [-0.3, -0.25) is 0 Å². The summed E-state index contributed by atoms with van der Waals surface area (Å²) < 4.78 is 14.4. The lowest BCUT2D eigenvalue weighted by atomic mass is 9.96. The van der Waals surface area contributed by atoms with Crippen molar-refractivity contribution in [1.82, 2.24) is 5.32 Å². The minimum atomic E-state index is -0.912. The number of hydrogen-bond acceptors (Lipinski definition) is 2. The van der Waals surface area contributed by atoms with E-state index in [0.717, 1.165) is 4.47 Å². The van der Waals surface area contributed by atoms with Crippen molar-refractivity contribution < 1.29 is 9.50 Å². The molecule has 17 heavy (non-hydrogen) atoms. The quantitative estimate of drug-likeness (QED) is 0.876. The molecule has 1 saturated carbocycles. The number of hydrogen-bond donors (Lipinski definition) is 2. The van der Waals surface area contributed by atoms with E-state index in [1.54, 1.807) is 19.1 Å². The van der Waals surface area contributed by atoms with E-state index in [1.165, 1.54) is 18.9 Å². The lowest BCUT2D eigenvalue weighted by Crippen LogP contribution is -2.40. The maximum atomic E-state index is 13.6. The van der Waals surface area contributed by atoms with Crippen LogP contribution in [-0.4, -0.2) is 23.3 Å². The molecular formula is C13H17BrFNO. The van der Waals surface area contributed by atoms with Gasteiger partial charge in [0.1, 0.15) is 5.82 Å². The van der Waals surface area contributed by atoms with Crippen molar-refractivity contribution in [2.75, 3.05) is 6.54 Å². The third-order valence-electron chi connectivity index (χ3n) is 2.93. The largest absolute Gasteiger partial charge is 0.389 e. The Morgan fingerprint density at radius 1 is 1.53 bits per heavy atom. The zero-order valence-corrected chi connectivity index (χ0v) is 11.4. The molecule has 0 radical (unpaired) electrons. The molecule has 1 aromatic rings. The lowest BCUT2D eigenvalue weighted by molar-refractivity contribution is 0.0588. The molecule has 2 N–H and O–H groups in total. The van der Waals surface area contributed by atoms with Gasteiger partial charge in [-0.05, 0) is 43.5 Å². The van der Waals surface area contributed by atoms with Gasteiger partial charge in [0.2, 0.25) is 0 Å².